The van der Waals surface area contributed by atoms with Gasteiger partial charge in [0.2, 0.25) is 0 Å². The summed E-state index contributed by atoms with van der Waals surface area (Å²) in [7, 11) is 0. The van der Waals surface area contributed by atoms with E-state index < -0.39 is 0 Å². The molecule has 1 aliphatic heterocycles. The molecule has 0 fully saturated rings. The maximum Gasteiger partial charge on any atom is 0.147 e. The van der Waals surface area contributed by atoms with Gasteiger partial charge in [0.1, 0.15) is 6.10 Å². The lowest BCUT2D eigenvalue weighted by molar-refractivity contribution is 0.0568. The van der Waals surface area contributed by atoms with Gasteiger partial charge in [0.05, 0.1) is 11.1 Å². The molecule has 0 spiro atoms. The molecular formula is C12H14INO. The zero-order valence-corrected chi connectivity index (χ0v) is 11.1. The molecule has 0 aliphatic carbocycles. The second kappa shape index (κ2) is 4.12. The van der Waals surface area contributed by atoms with Crippen molar-refractivity contribution in [3.05, 3.63) is 35.9 Å². The Morgan fingerprint density at radius 3 is 2.53 bits per heavy atom. The molecule has 80 valence electrons. The number of nitrogens with zero attached hydrogens (tertiary/aromatic N) is 1. The number of rotatable bonds is 2. The van der Waals surface area contributed by atoms with E-state index in [1.54, 1.807) is 0 Å². The topological polar surface area (TPSA) is 21.6 Å². The van der Waals surface area contributed by atoms with Crippen LogP contribution in [0, 0.1) is 5.41 Å². The minimum Gasteiger partial charge on any atom is -0.390 e. The Morgan fingerprint density at radius 1 is 1.33 bits per heavy atom. The monoisotopic (exact) mass is 315 g/mol. The first-order valence-electron chi connectivity index (χ1n) is 5.02. The number of hydrogen-bond donors (Lipinski definition) is 0. The maximum absolute atomic E-state index is 5.46. The molecule has 0 unspecified atom stereocenters. The molecule has 0 radical (unpaired) electrons. The van der Waals surface area contributed by atoms with Gasteiger partial charge in [0, 0.05) is 4.43 Å². The minimum atomic E-state index is 0.00252. The van der Waals surface area contributed by atoms with Crippen molar-refractivity contribution >= 4 is 28.3 Å². The highest BCUT2D eigenvalue weighted by Crippen LogP contribution is 2.35. The third-order valence-electron chi connectivity index (χ3n) is 2.87. The molecule has 1 aromatic carbocycles. The van der Waals surface area contributed by atoms with Crippen LogP contribution in [-0.4, -0.2) is 16.2 Å². The Balaban J connectivity index is 2.33. The summed E-state index contributed by atoms with van der Waals surface area (Å²) in [5, 5.41) is 4.22. The summed E-state index contributed by atoms with van der Waals surface area (Å²) in [5.74, 6) is 0. The molecule has 0 saturated carbocycles. The number of halogens is 1. The molecule has 3 heteroatoms. The molecule has 0 saturated heterocycles. The first kappa shape index (κ1) is 10.9. The van der Waals surface area contributed by atoms with E-state index in [2.05, 4.69) is 53.7 Å². The quantitative estimate of drug-likeness (QED) is 0.606. The predicted molar refractivity (Wildman–Crippen MR) is 70.5 cm³/mol. The zero-order chi connectivity index (χ0) is 10.9. The Labute approximate surface area is 104 Å². The minimum absolute atomic E-state index is 0.00252. The van der Waals surface area contributed by atoms with E-state index in [0.29, 0.717) is 0 Å². The van der Waals surface area contributed by atoms with Crippen LogP contribution >= 0.6 is 22.6 Å². The second-order valence-electron chi connectivity index (χ2n) is 4.28. The highest BCUT2D eigenvalue weighted by molar-refractivity contribution is 14.1. The van der Waals surface area contributed by atoms with Gasteiger partial charge >= 0.3 is 0 Å². The number of oxime groups is 1. The Bertz CT molecular complexity index is 372. The lowest BCUT2D eigenvalue weighted by Crippen LogP contribution is -2.34. The van der Waals surface area contributed by atoms with Crippen molar-refractivity contribution in [3.8, 4) is 0 Å². The van der Waals surface area contributed by atoms with Crippen LogP contribution in [0.4, 0.5) is 0 Å². The molecule has 0 amide bonds. The van der Waals surface area contributed by atoms with E-state index in [1.807, 2.05) is 18.2 Å². The highest BCUT2D eigenvalue weighted by atomic mass is 127. The maximum atomic E-state index is 5.46. The predicted octanol–water partition coefficient (Wildman–Crippen LogP) is 3.25. The molecule has 1 aliphatic rings. The van der Waals surface area contributed by atoms with Crippen molar-refractivity contribution in [3.63, 3.8) is 0 Å². The highest BCUT2D eigenvalue weighted by Gasteiger charge is 2.41. The van der Waals surface area contributed by atoms with Gasteiger partial charge in [-0.05, 0) is 5.56 Å². The van der Waals surface area contributed by atoms with Crippen molar-refractivity contribution < 1.29 is 4.84 Å². The van der Waals surface area contributed by atoms with Crippen molar-refractivity contribution in [2.45, 2.75) is 20.0 Å². The summed E-state index contributed by atoms with van der Waals surface area (Å²) < 4.78 is 0.963. The fourth-order valence-corrected chi connectivity index (χ4v) is 3.02. The summed E-state index contributed by atoms with van der Waals surface area (Å²) in [6.07, 6.45) is 0.188. The van der Waals surface area contributed by atoms with Crippen molar-refractivity contribution in [2.24, 2.45) is 10.6 Å². The normalized spacial score (nSPS) is 23.4. The largest absolute Gasteiger partial charge is 0.390 e. The first-order valence-corrected chi connectivity index (χ1v) is 6.54. The van der Waals surface area contributed by atoms with E-state index in [0.717, 1.165) is 15.7 Å². The van der Waals surface area contributed by atoms with Crippen LogP contribution in [-0.2, 0) is 4.84 Å². The fraction of sp³-hybridized carbons (Fsp3) is 0.417. The van der Waals surface area contributed by atoms with E-state index in [4.69, 9.17) is 4.84 Å². The van der Waals surface area contributed by atoms with Gasteiger partial charge in [-0.25, -0.2) is 0 Å². The van der Waals surface area contributed by atoms with E-state index in [-0.39, 0.29) is 11.5 Å². The van der Waals surface area contributed by atoms with Gasteiger partial charge in [-0.3, -0.25) is 0 Å². The summed E-state index contributed by atoms with van der Waals surface area (Å²) in [6, 6.07) is 10.2. The Kier molecular flexibility index (Phi) is 3.00. The lowest BCUT2D eigenvalue weighted by Gasteiger charge is -2.24. The van der Waals surface area contributed by atoms with Gasteiger partial charge in [-0.1, -0.05) is 71.9 Å². The van der Waals surface area contributed by atoms with Crippen molar-refractivity contribution in [1.29, 1.82) is 0 Å². The third kappa shape index (κ3) is 1.89. The number of hydrogen-bond acceptors (Lipinski definition) is 2. The smallest absolute Gasteiger partial charge is 0.147 e. The van der Waals surface area contributed by atoms with Crippen LogP contribution in [0.2, 0.25) is 0 Å². The molecule has 2 rings (SSSR count). The third-order valence-corrected chi connectivity index (χ3v) is 3.67. The van der Waals surface area contributed by atoms with Crippen molar-refractivity contribution in [2.75, 3.05) is 4.43 Å². The van der Waals surface area contributed by atoms with Gasteiger partial charge < -0.3 is 4.84 Å². The average molecular weight is 315 g/mol. The fourth-order valence-electron chi connectivity index (χ4n) is 1.76. The Morgan fingerprint density at radius 2 is 2.00 bits per heavy atom. The summed E-state index contributed by atoms with van der Waals surface area (Å²) >= 11 is 2.35. The molecule has 0 aromatic heterocycles. The van der Waals surface area contributed by atoms with Crippen LogP contribution in [0.1, 0.15) is 19.4 Å². The molecule has 2 nitrogen and oxygen atoms in total. The number of benzene rings is 1. The van der Waals surface area contributed by atoms with Crippen LogP contribution in [0.5, 0.6) is 0 Å². The molecule has 0 bridgehead atoms. The molecule has 1 aromatic rings. The van der Waals surface area contributed by atoms with Crippen LogP contribution in [0.25, 0.3) is 0 Å². The average Bonchev–Trinajstić information content (AvgIpc) is 2.54. The van der Waals surface area contributed by atoms with Gasteiger partial charge in [-0.2, -0.15) is 0 Å². The van der Waals surface area contributed by atoms with Gasteiger partial charge in [0.15, 0.2) is 0 Å². The molecule has 0 N–H and O–H groups in total. The van der Waals surface area contributed by atoms with E-state index >= 15 is 0 Å². The Hall–Kier alpha value is -0.580. The SMILES string of the molecule is CC1(C)C(c2ccccc2)=NO[C@@H]1CI. The standard InChI is InChI=1S/C12H14INO/c1-12(2)10(8-13)15-14-11(12)9-6-4-3-5-7-9/h3-7,10H,8H2,1-2H3/t10-/m1/s1. The van der Waals surface area contributed by atoms with Crippen LogP contribution < -0.4 is 0 Å². The van der Waals surface area contributed by atoms with Gasteiger partial charge in [0.25, 0.3) is 0 Å². The summed E-state index contributed by atoms with van der Waals surface area (Å²) in [4.78, 5) is 5.46. The van der Waals surface area contributed by atoms with E-state index in [1.165, 1.54) is 0 Å². The first-order chi connectivity index (χ1) is 7.16. The molecule has 1 heterocycles. The second-order valence-corrected chi connectivity index (χ2v) is 5.16. The van der Waals surface area contributed by atoms with Crippen molar-refractivity contribution in [1.82, 2.24) is 0 Å². The molecular weight excluding hydrogens is 301 g/mol. The molecule has 15 heavy (non-hydrogen) atoms. The number of alkyl halides is 1. The van der Waals surface area contributed by atoms with Crippen LogP contribution in [0.15, 0.2) is 35.5 Å². The summed E-state index contributed by atoms with van der Waals surface area (Å²) in [6.45, 7) is 4.38. The van der Waals surface area contributed by atoms with Gasteiger partial charge in [-0.15, -0.1) is 0 Å². The van der Waals surface area contributed by atoms with E-state index in [9.17, 15) is 0 Å². The summed E-state index contributed by atoms with van der Waals surface area (Å²) in [5.41, 5.74) is 2.22. The van der Waals surface area contributed by atoms with Crippen LogP contribution in [0.3, 0.4) is 0 Å². The zero-order valence-electron chi connectivity index (χ0n) is 8.90. The molecule has 1 atom stereocenters. The lowest BCUT2D eigenvalue weighted by atomic mass is 9.80.